The average Bonchev–Trinajstić information content (AvgIpc) is 2.56. The van der Waals surface area contributed by atoms with Crippen molar-refractivity contribution in [3.63, 3.8) is 0 Å². The quantitative estimate of drug-likeness (QED) is 0.859. The summed E-state index contributed by atoms with van der Waals surface area (Å²) in [4.78, 5) is 23.7. The third-order valence-electron chi connectivity index (χ3n) is 2.84. The first-order chi connectivity index (χ1) is 7.63. The predicted octanol–water partition coefficient (Wildman–Crippen LogP) is 2.79. The normalized spacial score (nSPS) is 14.8. The fourth-order valence-electron chi connectivity index (χ4n) is 2.16. The fraction of sp³-hybridized carbons (Fsp3) is 0.500. The fourth-order valence-corrected chi connectivity index (χ4v) is 3.52. The second-order valence-electron chi connectivity index (χ2n) is 4.03. The van der Waals surface area contributed by atoms with Crippen LogP contribution in [0.25, 0.3) is 0 Å². The van der Waals surface area contributed by atoms with Gasteiger partial charge in [0.05, 0.1) is 9.88 Å². The van der Waals surface area contributed by atoms with Gasteiger partial charge in [-0.1, -0.05) is 6.92 Å². The van der Waals surface area contributed by atoms with E-state index in [9.17, 15) is 9.59 Å². The molecule has 0 unspecified atom stereocenters. The van der Waals surface area contributed by atoms with Crippen molar-refractivity contribution in [3.05, 3.63) is 16.0 Å². The minimum Gasteiger partial charge on any atom is -0.318 e. The lowest BCUT2D eigenvalue weighted by Gasteiger charge is -2.11. The van der Waals surface area contributed by atoms with Gasteiger partial charge in [0.25, 0.3) is 0 Å². The summed E-state index contributed by atoms with van der Waals surface area (Å²) in [5.41, 5.74) is 2.33. The number of Topliss-reactive ketones (excluding diaryl/α,β-unsaturated/α-hetero) is 1. The second-order valence-corrected chi connectivity index (χ2v) is 5.05. The first kappa shape index (κ1) is 11.3. The SMILES string of the molecule is CCc1c(NC(C)=O)sc2c1CCCC2=O. The zero-order valence-electron chi connectivity index (χ0n) is 9.55. The van der Waals surface area contributed by atoms with E-state index < -0.39 is 0 Å². The Morgan fingerprint density at radius 2 is 2.19 bits per heavy atom. The summed E-state index contributed by atoms with van der Waals surface area (Å²) in [5.74, 6) is 0.165. The monoisotopic (exact) mass is 237 g/mol. The van der Waals surface area contributed by atoms with E-state index in [0.29, 0.717) is 6.42 Å². The minimum atomic E-state index is -0.0688. The van der Waals surface area contributed by atoms with Crippen LogP contribution < -0.4 is 5.32 Å². The lowest BCUT2D eigenvalue weighted by Crippen LogP contribution is -2.09. The predicted molar refractivity (Wildman–Crippen MR) is 65.3 cm³/mol. The molecule has 2 rings (SSSR count). The summed E-state index contributed by atoms with van der Waals surface area (Å²) >= 11 is 1.44. The zero-order chi connectivity index (χ0) is 11.7. The zero-order valence-corrected chi connectivity index (χ0v) is 10.4. The van der Waals surface area contributed by atoms with Gasteiger partial charge in [-0.25, -0.2) is 0 Å². The number of hydrogen-bond donors (Lipinski definition) is 1. The van der Waals surface area contributed by atoms with Gasteiger partial charge in [-0.05, 0) is 30.4 Å². The molecule has 3 nitrogen and oxygen atoms in total. The summed E-state index contributed by atoms with van der Waals surface area (Å²) in [6, 6.07) is 0. The van der Waals surface area contributed by atoms with Crippen LogP contribution in [0.3, 0.4) is 0 Å². The van der Waals surface area contributed by atoms with Crippen LogP contribution in [0.4, 0.5) is 5.00 Å². The molecule has 1 aliphatic rings. The number of carbonyl (C=O) groups is 2. The number of nitrogens with one attached hydrogen (secondary N) is 1. The van der Waals surface area contributed by atoms with Crippen LogP contribution in [-0.4, -0.2) is 11.7 Å². The van der Waals surface area contributed by atoms with E-state index in [1.807, 2.05) is 0 Å². The molecule has 86 valence electrons. The molecule has 1 N–H and O–H groups in total. The molecule has 0 fully saturated rings. The van der Waals surface area contributed by atoms with Crippen LogP contribution in [0.5, 0.6) is 0 Å². The van der Waals surface area contributed by atoms with Gasteiger partial charge >= 0.3 is 0 Å². The molecule has 4 heteroatoms. The van der Waals surface area contributed by atoms with Crippen LogP contribution in [0.2, 0.25) is 0 Å². The summed E-state index contributed by atoms with van der Waals surface area (Å²) in [5, 5.41) is 3.70. The van der Waals surface area contributed by atoms with Gasteiger partial charge in [-0.2, -0.15) is 0 Å². The molecule has 1 amide bonds. The lowest BCUT2D eigenvalue weighted by molar-refractivity contribution is -0.114. The van der Waals surface area contributed by atoms with Gasteiger partial charge in [0.1, 0.15) is 0 Å². The summed E-state index contributed by atoms with van der Waals surface area (Å²) < 4.78 is 0. The summed E-state index contributed by atoms with van der Waals surface area (Å²) in [6.07, 6.45) is 3.43. The Balaban J connectivity index is 2.46. The van der Waals surface area contributed by atoms with Crippen LogP contribution in [0, 0.1) is 0 Å². The summed E-state index contributed by atoms with van der Waals surface area (Å²) in [6.45, 7) is 3.56. The van der Waals surface area contributed by atoms with E-state index in [-0.39, 0.29) is 11.7 Å². The number of thiophene rings is 1. The van der Waals surface area contributed by atoms with Gasteiger partial charge in [0.2, 0.25) is 5.91 Å². The molecule has 0 aliphatic heterocycles. The number of anilines is 1. The Bertz CT molecular complexity index is 448. The molecule has 1 aliphatic carbocycles. The highest BCUT2D eigenvalue weighted by Gasteiger charge is 2.25. The van der Waals surface area contributed by atoms with Crippen LogP contribution >= 0.6 is 11.3 Å². The highest BCUT2D eigenvalue weighted by Crippen LogP contribution is 2.38. The molecule has 0 radical (unpaired) electrons. The number of rotatable bonds is 2. The number of amides is 1. The van der Waals surface area contributed by atoms with Gasteiger partial charge < -0.3 is 5.32 Å². The number of ketones is 1. The molecular weight excluding hydrogens is 222 g/mol. The molecule has 1 aromatic rings. The molecule has 0 spiro atoms. The third kappa shape index (κ3) is 1.89. The highest BCUT2D eigenvalue weighted by molar-refractivity contribution is 7.18. The molecule has 1 heterocycles. The first-order valence-electron chi connectivity index (χ1n) is 5.58. The van der Waals surface area contributed by atoms with Crippen molar-refractivity contribution < 1.29 is 9.59 Å². The van der Waals surface area contributed by atoms with Gasteiger partial charge in [0, 0.05) is 13.3 Å². The molecule has 0 bridgehead atoms. The Hall–Kier alpha value is -1.16. The van der Waals surface area contributed by atoms with Crippen molar-refractivity contribution in [2.24, 2.45) is 0 Å². The third-order valence-corrected chi connectivity index (χ3v) is 4.07. The standard InChI is InChI=1S/C12H15NO2S/c1-3-8-9-5-4-6-10(15)11(9)16-12(8)13-7(2)14/h3-6H2,1-2H3,(H,13,14). The molecule has 16 heavy (non-hydrogen) atoms. The van der Waals surface area contributed by atoms with Crippen LogP contribution in [0.15, 0.2) is 0 Å². The van der Waals surface area contributed by atoms with Crippen molar-refractivity contribution >= 4 is 28.0 Å². The first-order valence-corrected chi connectivity index (χ1v) is 6.40. The molecule has 0 atom stereocenters. The Kier molecular flexibility index (Phi) is 3.10. The van der Waals surface area contributed by atoms with Crippen molar-refractivity contribution in [1.29, 1.82) is 0 Å². The van der Waals surface area contributed by atoms with Crippen LogP contribution in [0.1, 0.15) is 47.5 Å². The lowest BCUT2D eigenvalue weighted by atomic mass is 9.94. The molecular formula is C12H15NO2S. The highest BCUT2D eigenvalue weighted by atomic mass is 32.1. The molecule has 0 saturated heterocycles. The maximum atomic E-state index is 11.8. The van der Waals surface area contributed by atoms with Crippen molar-refractivity contribution in [1.82, 2.24) is 0 Å². The van der Waals surface area contributed by atoms with Crippen LogP contribution in [-0.2, 0) is 17.6 Å². The topological polar surface area (TPSA) is 46.2 Å². The van der Waals surface area contributed by atoms with E-state index in [2.05, 4.69) is 12.2 Å². The Morgan fingerprint density at radius 1 is 1.44 bits per heavy atom. The number of fused-ring (bicyclic) bond motifs is 1. The second kappa shape index (κ2) is 4.37. The van der Waals surface area contributed by atoms with Crippen molar-refractivity contribution in [2.45, 2.75) is 39.5 Å². The van der Waals surface area contributed by atoms with E-state index in [4.69, 9.17) is 0 Å². The number of carbonyl (C=O) groups excluding carboxylic acids is 2. The summed E-state index contributed by atoms with van der Waals surface area (Å²) in [7, 11) is 0. The van der Waals surface area contributed by atoms with Gasteiger partial charge in [0.15, 0.2) is 5.78 Å². The smallest absolute Gasteiger partial charge is 0.221 e. The molecule has 1 aromatic heterocycles. The Morgan fingerprint density at radius 3 is 2.81 bits per heavy atom. The minimum absolute atomic E-state index is 0.0688. The van der Waals surface area contributed by atoms with E-state index >= 15 is 0 Å². The maximum absolute atomic E-state index is 11.8. The Labute approximate surface area is 98.9 Å². The maximum Gasteiger partial charge on any atom is 0.221 e. The van der Waals surface area contributed by atoms with Gasteiger partial charge in [-0.15, -0.1) is 11.3 Å². The van der Waals surface area contributed by atoms with Crippen molar-refractivity contribution in [3.8, 4) is 0 Å². The molecule has 0 saturated carbocycles. The van der Waals surface area contributed by atoms with E-state index in [1.165, 1.54) is 23.8 Å². The number of hydrogen-bond acceptors (Lipinski definition) is 3. The van der Waals surface area contributed by atoms with Gasteiger partial charge in [-0.3, -0.25) is 9.59 Å². The molecule has 0 aromatic carbocycles. The largest absolute Gasteiger partial charge is 0.318 e. The van der Waals surface area contributed by atoms with E-state index in [1.54, 1.807) is 0 Å². The van der Waals surface area contributed by atoms with E-state index in [0.717, 1.165) is 34.7 Å². The van der Waals surface area contributed by atoms with Crippen molar-refractivity contribution in [2.75, 3.05) is 5.32 Å². The average molecular weight is 237 g/mol.